The summed E-state index contributed by atoms with van der Waals surface area (Å²) in [5, 5.41) is 11.7. The number of carbonyl (C=O) groups is 2. The van der Waals surface area contributed by atoms with Gasteiger partial charge in [-0.1, -0.05) is 32.1 Å². The number of amides is 1. The molecule has 1 atom stereocenters. The van der Waals surface area contributed by atoms with Crippen LogP contribution in [-0.2, 0) is 14.6 Å². The summed E-state index contributed by atoms with van der Waals surface area (Å²) in [6.45, 7) is 0. The van der Waals surface area contributed by atoms with Gasteiger partial charge in [0.2, 0.25) is 5.91 Å². The van der Waals surface area contributed by atoms with Crippen molar-refractivity contribution >= 4 is 38.4 Å². The first-order valence-corrected chi connectivity index (χ1v) is 13.4. The molecule has 12 heteroatoms. The minimum absolute atomic E-state index is 0.0461. The lowest BCUT2D eigenvalue weighted by Crippen LogP contribution is -2.43. The van der Waals surface area contributed by atoms with E-state index in [1.165, 1.54) is 30.3 Å². The number of carbonyl (C=O) groups excluding carboxylic acids is 1. The van der Waals surface area contributed by atoms with Crippen LogP contribution in [0.2, 0.25) is 0 Å². The van der Waals surface area contributed by atoms with E-state index in [1.807, 2.05) is 0 Å². The Bertz CT molecular complexity index is 1540. The number of aromatic amines is 1. The van der Waals surface area contributed by atoms with Crippen LogP contribution in [0.15, 0.2) is 51.0 Å². The Balaban J connectivity index is 1.75. The fraction of sp³-hybridized carbons (Fsp3) is 0.375. The lowest BCUT2D eigenvalue weighted by atomic mass is 9.84. The number of sulfone groups is 1. The third-order valence-electron chi connectivity index (χ3n) is 6.49. The minimum Gasteiger partial charge on any atom is -0.478 e. The van der Waals surface area contributed by atoms with Crippen LogP contribution < -0.4 is 16.6 Å². The van der Waals surface area contributed by atoms with Crippen molar-refractivity contribution in [2.45, 2.75) is 49.5 Å². The van der Waals surface area contributed by atoms with Crippen LogP contribution in [0.1, 0.15) is 54.9 Å². The normalized spacial score (nSPS) is 15.5. The second kappa shape index (κ2) is 10.1. The molecule has 11 nitrogen and oxygen atoms in total. The molecule has 1 fully saturated rings. The molecule has 1 aliphatic carbocycles. The molecule has 3 N–H and O–H groups in total. The lowest BCUT2D eigenvalue weighted by Gasteiger charge is -2.26. The number of aromatic nitrogens is 3. The second-order valence-corrected chi connectivity index (χ2v) is 11.1. The number of nitrogens with one attached hydrogen (secondary N) is 2. The largest absolute Gasteiger partial charge is 0.478 e. The quantitative estimate of drug-likeness (QED) is 0.432. The summed E-state index contributed by atoms with van der Waals surface area (Å²) < 4.78 is 24.7. The van der Waals surface area contributed by atoms with Crippen molar-refractivity contribution in [1.82, 2.24) is 14.5 Å². The van der Waals surface area contributed by atoms with Gasteiger partial charge in [0.25, 0.3) is 5.56 Å². The molecule has 0 spiro atoms. The van der Waals surface area contributed by atoms with Gasteiger partial charge in [0.05, 0.1) is 21.4 Å². The number of fused-ring (bicyclic) bond motifs is 1. The average Bonchev–Trinajstić information content (AvgIpc) is 2.83. The summed E-state index contributed by atoms with van der Waals surface area (Å²) in [4.78, 5) is 57.4. The summed E-state index contributed by atoms with van der Waals surface area (Å²) >= 11 is 0. The molecule has 1 aliphatic rings. The number of hydrogen-bond donors (Lipinski definition) is 3. The Labute approximate surface area is 206 Å². The Kier molecular flexibility index (Phi) is 7.07. The van der Waals surface area contributed by atoms with Crippen LogP contribution in [0.4, 0.5) is 5.82 Å². The van der Waals surface area contributed by atoms with Crippen molar-refractivity contribution in [1.29, 1.82) is 0 Å². The highest BCUT2D eigenvalue weighted by Gasteiger charge is 2.29. The van der Waals surface area contributed by atoms with Crippen LogP contribution in [0.3, 0.4) is 0 Å². The molecule has 36 heavy (non-hydrogen) atoms. The van der Waals surface area contributed by atoms with E-state index in [9.17, 15) is 27.6 Å². The molecule has 1 saturated carbocycles. The Morgan fingerprint density at radius 2 is 1.89 bits per heavy atom. The van der Waals surface area contributed by atoms with E-state index in [0.717, 1.165) is 49.1 Å². The molecule has 0 aliphatic heterocycles. The number of H-pyrrole nitrogens is 1. The summed E-state index contributed by atoms with van der Waals surface area (Å²) in [5.74, 6) is -1.58. The van der Waals surface area contributed by atoms with Gasteiger partial charge in [0.15, 0.2) is 9.84 Å². The fourth-order valence-corrected chi connectivity index (χ4v) is 5.24. The van der Waals surface area contributed by atoms with Crippen LogP contribution in [0.25, 0.3) is 10.9 Å². The van der Waals surface area contributed by atoms with Crippen molar-refractivity contribution in [3.63, 3.8) is 0 Å². The third-order valence-corrected chi connectivity index (χ3v) is 7.60. The van der Waals surface area contributed by atoms with Gasteiger partial charge in [0.1, 0.15) is 11.9 Å². The summed E-state index contributed by atoms with van der Waals surface area (Å²) in [5.41, 5.74) is -1.53. The number of rotatable bonds is 7. The molecular formula is C24H26N4O7S. The molecule has 190 valence electrons. The topological polar surface area (TPSA) is 168 Å². The zero-order valence-electron chi connectivity index (χ0n) is 19.6. The highest BCUT2D eigenvalue weighted by Crippen LogP contribution is 2.31. The number of nitrogens with zero attached hydrogens (tertiary/aromatic N) is 2. The van der Waals surface area contributed by atoms with E-state index in [2.05, 4.69) is 15.3 Å². The maximum atomic E-state index is 13.4. The SMILES string of the molecule is CS(=O)(=O)c1ccc2c(=O)n(C(CC3CCCCC3)C(=O)Nc3ccc(C(=O)O)cn3)c(=O)[nH]c2c1. The first-order valence-electron chi connectivity index (χ1n) is 11.5. The maximum absolute atomic E-state index is 13.4. The molecule has 3 aromatic rings. The predicted octanol–water partition coefficient (Wildman–Crippen LogP) is 2.34. The second-order valence-electron chi connectivity index (χ2n) is 9.07. The zero-order valence-corrected chi connectivity index (χ0v) is 20.4. The van der Waals surface area contributed by atoms with E-state index < -0.39 is 39.0 Å². The summed E-state index contributed by atoms with van der Waals surface area (Å²) in [7, 11) is -3.56. The number of carboxylic acids is 1. The standard InChI is InChI=1S/C24H26N4O7S/c1-36(34,35)16-8-9-17-18(12-16)26-24(33)28(22(17)30)19(11-14-5-3-2-4-6-14)21(29)27-20-10-7-15(13-25-20)23(31)32/h7-10,12-14,19H,2-6,11H2,1H3,(H,26,33)(H,31,32)(H,25,27,29). The van der Waals surface area contributed by atoms with Crippen molar-refractivity contribution in [3.8, 4) is 0 Å². The highest BCUT2D eigenvalue weighted by molar-refractivity contribution is 7.90. The van der Waals surface area contributed by atoms with E-state index in [-0.39, 0.29) is 39.5 Å². The van der Waals surface area contributed by atoms with Gasteiger partial charge >= 0.3 is 11.7 Å². The van der Waals surface area contributed by atoms with Gasteiger partial charge < -0.3 is 15.4 Å². The Morgan fingerprint density at radius 1 is 1.17 bits per heavy atom. The number of anilines is 1. The number of carboxylic acid groups (broad SMARTS) is 1. The van der Waals surface area contributed by atoms with Gasteiger partial charge in [-0.3, -0.25) is 9.59 Å². The van der Waals surface area contributed by atoms with E-state index >= 15 is 0 Å². The number of hydrogen-bond acceptors (Lipinski definition) is 7. The van der Waals surface area contributed by atoms with Crippen LogP contribution >= 0.6 is 0 Å². The zero-order chi connectivity index (χ0) is 26.0. The van der Waals surface area contributed by atoms with Gasteiger partial charge in [-0.25, -0.2) is 27.6 Å². The molecule has 1 amide bonds. The molecule has 0 bridgehead atoms. The highest BCUT2D eigenvalue weighted by atomic mass is 32.2. The van der Waals surface area contributed by atoms with Crippen LogP contribution in [-0.4, -0.2) is 46.2 Å². The first kappa shape index (κ1) is 25.3. The van der Waals surface area contributed by atoms with Gasteiger partial charge in [-0.2, -0.15) is 0 Å². The minimum atomic E-state index is -3.56. The van der Waals surface area contributed by atoms with Gasteiger partial charge in [-0.15, -0.1) is 0 Å². The first-order chi connectivity index (χ1) is 17.0. The maximum Gasteiger partial charge on any atom is 0.337 e. The van der Waals surface area contributed by atoms with Crippen LogP contribution in [0, 0.1) is 5.92 Å². The van der Waals surface area contributed by atoms with Crippen molar-refractivity contribution in [2.75, 3.05) is 11.6 Å². The molecule has 4 rings (SSSR count). The number of aromatic carboxylic acids is 1. The fourth-order valence-electron chi connectivity index (χ4n) is 4.60. The van der Waals surface area contributed by atoms with Crippen molar-refractivity contribution < 1.29 is 23.1 Å². The van der Waals surface area contributed by atoms with E-state index in [4.69, 9.17) is 5.11 Å². The number of benzene rings is 1. The molecule has 0 saturated heterocycles. The van der Waals surface area contributed by atoms with Crippen molar-refractivity contribution in [3.05, 3.63) is 62.9 Å². The smallest absolute Gasteiger partial charge is 0.337 e. The molecule has 2 aromatic heterocycles. The summed E-state index contributed by atoms with van der Waals surface area (Å²) in [6.07, 6.45) is 7.20. The van der Waals surface area contributed by atoms with Crippen molar-refractivity contribution in [2.24, 2.45) is 5.92 Å². The molecule has 0 radical (unpaired) electrons. The van der Waals surface area contributed by atoms with Gasteiger partial charge in [0, 0.05) is 12.5 Å². The van der Waals surface area contributed by atoms with E-state index in [0.29, 0.717) is 0 Å². The third kappa shape index (κ3) is 5.38. The Hall–Kier alpha value is -3.80. The molecule has 2 heterocycles. The predicted molar refractivity (Wildman–Crippen MR) is 132 cm³/mol. The van der Waals surface area contributed by atoms with Crippen LogP contribution in [0.5, 0.6) is 0 Å². The van der Waals surface area contributed by atoms with Gasteiger partial charge in [-0.05, 0) is 42.7 Å². The number of pyridine rings is 1. The molecule has 1 unspecified atom stereocenters. The molecule has 1 aromatic carbocycles. The average molecular weight is 515 g/mol. The monoisotopic (exact) mass is 514 g/mol. The summed E-state index contributed by atoms with van der Waals surface area (Å²) in [6, 6.07) is 5.30. The lowest BCUT2D eigenvalue weighted by molar-refractivity contribution is -0.120. The molecular weight excluding hydrogens is 488 g/mol. The van der Waals surface area contributed by atoms with E-state index in [1.54, 1.807) is 0 Å². The Morgan fingerprint density at radius 3 is 2.50 bits per heavy atom.